The summed E-state index contributed by atoms with van der Waals surface area (Å²) in [6.45, 7) is 5.65. The predicted octanol–water partition coefficient (Wildman–Crippen LogP) is 2.11. The maximum Gasteiger partial charge on any atom is 0.237 e. The number of hydrogen-bond donors (Lipinski definition) is 1. The number of rotatable bonds is 5. The van der Waals surface area contributed by atoms with Gasteiger partial charge in [0, 0.05) is 37.2 Å². The van der Waals surface area contributed by atoms with Gasteiger partial charge in [0.15, 0.2) is 0 Å². The number of carbonyl (C=O) groups excluding carboxylic acids is 1. The summed E-state index contributed by atoms with van der Waals surface area (Å²) in [5.74, 6) is 0.174. The number of hydrogen-bond acceptors (Lipinski definition) is 3. The Balaban J connectivity index is 1.89. The molecule has 1 heterocycles. The highest BCUT2D eigenvalue weighted by atomic mass is 35.5. The molecule has 1 saturated heterocycles. The van der Waals surface area contributed by atoms with Crippen LogP contribution in [0.5, 0.6) is 0 Å². The smallest absolute Gasteiger partial charge is 0.237 e. The summed E-state index contributed by atoms with van der Waals surface area (Å²) < 4.78 is 0. The van der Waals surface area contributed by atoms with Crippen LogP contribution in [0, 0.1) is 0 Å². The van der Waals surface area contributed by atoms with Crippen LogP contribution in [0.1, 0.15) is 25.3 Å². The van der Waals surface area contributed by atoms with Crippen LogP contribution in [0.4, 0.5) is 0 Å². The molecule has 0 radical (unpaired) electrons. The Morgan fingerprint density at radius 1 is 1.43 bits per heavy atom. The van der Waals surface area contributed by atoms with Crippen LogP contribution in [0.15, 0.2) is 24.3 Å². The van der Waals surface area contributed by atoms with Crippen LogP contribution in [-0.2, 0) is 11.3 Å². The van der Waals surface area contributed by atoms with E-state index in [0.717, 1.165) is 31.5 Å². The van der Waals surface area contributed by atoms with Crippen molar-refractivity contribution in [1.29, 1.82) is 0 Å². The highest BCUT2D eigenvalue weighted by molar-refractivity contribution is 6.30. The van der Waals surface area contributed by atoms with Crippen LogP contribution in [0.3, 0.4) is 0 Å². The van der Waals surface area contributed by atoms with E-state index in [9.17, 15) is 4.79 Å². The van der Waals surface area contributed by atoms with Crippen LogP contribution in [0.2, 0.25) is 5.02 Å². The van der Waals surface area contributed by atoms with Crippen molar-refractivity contribution in [3.8, 4) is 0 Å². The van der Waals surface area contributed by atoms with E-state index < -0.39 is 0 Å². The van der Waals surface area contributed by atoms with Gasteiger partial charge in [-0.25, -0.2) is 0 Å². The van der Waals surface area contributed by atoms with Gasteiger partial charge in [-0.2, -0.15) is 0 Å². The first-order valence-electron chi connectivity index (χ1n) is 7.58. The van der Waals surface area contributed by atoms with E-state index in [0.29, 0.717) is 30.7 Å². The van der Waals surface area contributed by atoms with Gasteiger partial charge in [-0.15, -0.1) is 0 Å². The summed E-state index contributed by atoms with van der Waals surface area (Å²) in [5, 5.41) is 0.709. The predicted molar refractivity (Wildman–Crippen MR) is 86.2 cm³/mol. The molecule has 0 aliphatic carbocycles. The minimum atomic E-state index is 0.174. The molecule has 116 valence electrons. The van der Waals surface area contributed by atoms with Crippen molar-refractivity contribution < 1.29 is 4.79 Å². The van der Waals surface area contributed by atoms with Crippen LogP contribution < -0.4 is 5.73 Å². The monoisotopic (exact) mass is 309 g/mol. The zero-order chi connectivity index (χ0) is 15.2. The van der Waals surface area contributed by atoms with Crippen molar-refractivity contribution in [2.45, 2.75) is 32.4 Å². The third-order valence-electron chi connectivity index (χ3n) is 3.99. The molecule has 1 aromatic carbocycles. The first-order chi connectivity index (χ1) is 10.1. The van der Waals surface area contributed by atoms with Crippen molar-refractivity contribution in [2.24, 2.45) is 5.73 Å². The Morgan fingerprint density at radius 2 is 2.14 bits per heavy atom. The summed E-state index contributed by atoms with van der Waals surface area (Å²) >= 11 is 6.00. The van der Waals surface area contributed by atoms with Gasteiger partial charge in [-0.1, -0.05) is 23.7 Å². The molecular weight excluding hydrogens is 286 g/mol. The molecule has 0 saturated carbocycles. The van der Waals surface area contributed by atoms with E-state index in [2.05, 4.69) is 4.90 Å². The molecule has 1 amide bonds. The van der Waals surface area contributed by atoms with Crippen LogP contribution in [0.25, 0.3) is 0 Å². The van der Waals surface area contributed by atoms with E-state index in [-0.39, 0.29) is 5.91 Å². The van der Waals surface area contributed by atoms with Crippen molar-refractivity contribution in [3.05, 3.63) is 34.9 Å². The SMILES string of the molecule is CCN(Cc1cccc(Cl)c1)C(=O)CN1CCC(N)CC1. The minimum Gasteiger partial charge on any atom is -0.338 e. The molecular formula is C16H24ClN3O. The minimum absolute atomic E-state index is 0.174. The zero-order valence-electron chi connectivity index (χ0n) is 12.6. The Kier molecular flexibility index (Phi) is 6.03. The summed E-state index contributed by atoms with van der Waals surface area (Å²) in [5.41, 5.74) is 6.96. The summed E-state index contributed by atoms with van der Waals surface area (Å²) in [6, 6.07) is 7.98. The molecule has 4 nitrogen and oxygen atoms in total. The highest BCUT2D eigenvalue weighted by Gasteiger charge is 2.20. The number of benzene rings is 1. The highest BCUT2D eigenvalue weighted by Crippen LogP contribution is 2.14. The number of carbonyl (C=O) groups is 1. The molecule has 2 N–H and O–H groups in total. The summed E-state index contributed by atoms with van der Waals surface area (Å²) in [7, 11) is 0. The zero-order valence-corrected chi connectivity index (χ0v) is 13.4. The number of nitrogens with zero attached hydrogens (tertiary/aromatic N) is 2. The molecule has 0 atom stereocenters. The van der Waals surface area contributed by atoms with Gasteiger partial charge in [0.2, 0.25) is 5.91 Å². The lowest BCUT2D eigenvalue weighted by Crippen LogP contribution is -2.45. The number of likely N-dealkylation sites (tertiary alicyclic amines) is 1. The van der Waals surface area contributed by atoms with E-state index >= 15 is 0 Å². The van der Waals surface area contributed by atoms with Gasteiger partial charge < -0.3 is 10.6 Å². The van der Waals surface area contributed by atoms with Gasteiger partial charge in [0.25, 0.3) is 0 Å². The van der Waals surface area contributed by atoms with E-state index in [1.54, 1.807) is 0 Å². The number of nitrogens with two attached hydrogens (primary N) is 1. The fourth-order valence-corrected chi connectivity index (χ4v) is 2.85. The average molecular weight is 310 g/mol. The third kappa shape index (κ3) is 4.99. The van der Waals surface area contributed by atoms with Gasteiger partial charge in [0.05, 0.1) is 6.54 Å². The number of amides is 1. The maximum absolute atomic E-state index is 12.4. The molecule has 1 fully saturated rings. The van der Waals surface area contributed by atoms with E-state index in [4.69, 9.17) is 17.3 Å². The fraction of sp³-hybridized carbons (Fsp3) is 0.562. The molecule has 1 aromatic rings. The second kappa shape index (κ2) is 7.78. The molecule has 21 heavy (non-hydrogen) atoms. The van der Waals surface area contributed by atoms with E-state index in [1.165, 1.54) is 0 Å². The molecule has 2 rings (SSSR count). The topological polar surface area (TPSA) is 49.6 Å². The lowest BCUT2D eigenvalue weighted by molar-refractivity contribution is -0.133. The lowest BCUT2D eigenvalue weighted by Gasteiger charge is -2.31. The Bertz CT molecular complexity index is 472. The number of piperidine rings is 1. The fourth-order valence-electron chi connectivity index (χ4n) is 2.63. The van der Waals surface area contributed by atoms with Gasteiger partial charge in [0.1, 0.15) is 0 Å². The lowest BCUT2D eigenvalue weighted by atomic mass is 10.1. The number of likely N-dealkylation sites (N-methyl/N-ethyl adjacent to an activating group) is 1. The van der Waals surface area contributed by atoms with Crippen molar-refractivity contribution in [3.63, 3.8) is 0 Å². The van der Waals surface area contributed by atoms with Gasteiger partial charge in [-0.05, 0) is 37.5 Å². The Labute approximate surface area is 131 Å². The van der Waals surface area contributed by atoms with Crippen LogP contribution >= 0.6 is 11.6 Å². The number of halogens is 1. The third-order valence-corrected chi connectivity index (χ3v) is 4.22. The van der Waals surface area contributed by atoms with E-state index in [1.807, 2.05) is 36.1 Å². The normalized spacial score (nSPS) is 16.9. The molecule has 0 unspecified atom stereocenters. The van der Waals surface area contributed by atoms with Crippen molar-refractivity contribution >= 4 is 17.5 Å². The molecule has 0 aromatic heterocycles. The Hall–Kier alpha value is -1.10. The van der Waals surface area contributed by atoms with Crippen LogP contribution in [-0.4, -0.2) is 47.9 Å². The molecule has 0 bridgehead atoms. The summed E-state index contributed by atoms with van der Waals surface area (Å²) in [4.78, 5) is 16.5. The second-order valence-electron chi connectivity index (χ2n) is 5.65. The summed E-state index contributed by atoms with van der Waals surface area (Å²) in [6.07, 6.45) is 1.96. The molecule has 5 heteroatoms. The first kappa shape index (κ1) is 16.3. The average Bonchev–Trinajstić information content (AvgIpc) is 2.47. The largest absolute Gasteiger partial charge is 0.338 e. The quantitative estimate of drug-likeness (QED) is 0.906. The second-order valence-corrected chi connectivity index (χ2v) is 6.09. The van der Waals surface area contributed by atoms with Gasteiger partial charge in [-0.3, -0.25) is 9.69 Å². The van der Waals surface area contributed by atoms with Crippen molar-refractivity contribution in [1.82, 2.24) is 9.80 Å². The van der Waals surface area contributed by atoms with Crippen molar-refractivity contribution in [2.75, 3.05) is 26.2 Å². The molecule has 1 aliphatic rings. The van der Waals surface area contributed by atoms with Gasteiger partial charge >= 0.3 is 0 Å². The molecule has 0 spiro atoms. The first-order valence-corrected chi connectivity index (χ1v) is 7.96. The maximum atomic E-state index is 12.4. The molecule has 1 aliphatic heterocycles. The Morgan fingerprint density at radius 3 is 2.76 bits per heavy atom. The standard InChI is InChI=1S/C16H24ClN3O/c1-2-20(11-13-4-3-5-14(17)10-13)16(21)12-19-8-6-15(18)7-9-19/h3-5,10,15H,2,6-9,11-12,18H2,1H3.